The summed E-state index contributed by atoms with van der Waals surface area (Å²) in [5.74, 6) is 1.96. The Morgan fingerprint density at radius 1 is 1.24 bits per heavy atom. The fourth-order valence-electron chi connectivity index (χ4n) is 2.79. The van der Waals surface area contributed by atoms with Crippen LogP contribution in [0.2, 0.25) is 0 Å². The molecule has 1 aromatic rings. The van der Waals surface area contributed by atoms with Crippen molar-refractivity contribution in [3.8, 4) is 0 Å². The van der Waals surface area contributed by atoms with Gasteiger partial charge in [-0.05, 0) is 62.6 Å². The van der Waals surface area contributed by atoms with E-state index >= 15 is 0 Å². The van der Waals surface area contributed by atoms with Gasteiger partial charge < -0.3 is 10.2 Å². The molecule has 0 saturated heterocycles. The van der Waals surface area contributed by atoms with Gasteiger partial charge in [-0.1, -0.05) is 13.8 Å². The van der Waals surface area contributed by atoms with E-state index in [0.717, 1.165) is 36.8 Å². The summed E-state index contributed by atoms with van der Waals surface area (Å²) in [5.41, 5.74) is 2.54. The van der Waals surface area contributed by atoms with Gasteiger partial charge in [0.2, 0.25) is 0 Å². The summed E-state index contributed by atoms with van der Waals surface area (Å²) in [5, 5.41) is 3.62. The molecule has 0 aromatic carbocycles. The Hall–Kier alpha value is -1.09. The standard InChI is InChI=1S/C18H29N3/c1-13(2)8-9-21(17-6-7-17)18-11-15(10-14(3)20-18)12-19-16-4-5-16/h10-11,13,16-17,19H,4-9,12H2,1-3H3. The molecule has 2 aliphatic carbocycles. The second kappa shape index (κ2) is 6.35. The highest BCUT2D eigenvalue weighted by Crippen LogP contribution is 2.32. The molecule has 1 N–H and O–H groups in total. The minimum Gasteiger partial charge on any atom is -0.354 e. The quantitative estimate of drug-likeness (QED) is 0.791. The molecule has 116 valence electrons. The Kier molecular flexibility index (Phi) is 4.48. The zero-order chi connectivity index (χ0) is 14.8. The summed E-state index contributed by atoms with van der Waals surface area (Å²) >= 11 is 0. The van der Waals surface area contributed by atoms with Crippen LogP contribution in [0, 0.1) is 12.8 Å². The molecule has 2 saturated carbocycles. The summed E-state index contributed by atoms with van der Waals surface area (Å²) in [6.07, 6.45) is 6.62. The minimum atomic E-state index is 0.738. The van der Waals surface area contributed by atoms with Crippen molar-refractivity contribution in [2.45, 2.75) is 71.5 Å². The van der Waals surface area contributed by atoms with Gasteiger partial charge in [-0.3, -0.25) is 0 Å². The lowest BCUT2D eigenvalue weighted by molar-refractivity contribution is 0.568. The molecule has 2 fully saturated rings. The molecule has 0 amide bonds. The van der Waals surface area contributed by atoms with E-state index in [-0.39, 0.29) is 0 Å². The number of hydrogen-bond acceptors (Lipinski definition) is 3. The number of anilines is 1. The van der Waals surface area contributed by atoms with Gasteiger partial charge in [0.25, 0.3) is 0 Å². The van der Waals surface area contributed by atoms with Gasteiger partial charge in [-0.15, -0.1) is 0 Å². The van der Waals surface area contributed by atoms with Crippen LogP contribution in [0.25, 0.3) is 0 Å². The van der Waals surface area contributed by atoms with E-state index in [0.29, 0.717) is 0 Å². The number of aromatic nitrogens is 1. The third-order valence-corrected chi connectivity index (χ3v) is 4.40. The van der Waals surface area contributed by atoms with E-state index in [2.05, 4.69) is 43.1 Å². The number of hydrogen-bond donors (Lipinski definition) is 1. The highest BCUT2D eigenvalue weighted by molar-refractivity contribution is 5.45. The molecular formula is C18H29N3. The van der Waals surface area contributed by atoms with Crippen molar-refractivity contribution in [3.63, 3.8) is 0 Å². The van der Waals surface area contributed by atoms with Crippen LogP contribution in [0.15, 0.2) is 12.1 Å². The zero-order valence-electron chi connectivity index (χ0n) is 13.7. The summed E-state index contributed by atoms with van der Waals surface area (Å²) in [6, 6.07) is 6.04. The molecule has 3 heteroatoms. The SMILES string of the molecule is Cc1cc(CNC2CC2)cc(N(CCC(C)C)C2CC2)n1. The Morgan fingerprint density at radius 2 is 2.00 bits per heavy atom. The molecule has 0 radical (unpaired) electrons. The van der Waals surface area contributed by atoms with Crippen molar-refractivity contribution < 1.29 is 0 Å². The molecule has 3 rings (SSSR count). The van der Waals surface area contributed by atoms with E-state index in [1.54, 1.807) is 0 Å². The monoisotopic (exact) mass is 287 g/mol. The molecule has 0 atom stereocenters. The van der Waals surface area contributed by atoms with Gasteiger partial charge in [0, 0.05) is 30.9 Å². The molecular weight excluding hydrogens is 258 g/mol. The topological polar surface area (TPSA) is 28.2 Å². The predicted molar refractivity (Wildman–Crippen MR) is 88.7 cm³/mol. The van der Waals surface area contributed by atoms with Crippen LogP contribution in [-0.2, 0) is 6.54 Å². The Morgan fingerprint density at radius 3 is 2.62 bits per heavy atom. The first-order valence-electron chi connectivity index (χ1n) is 8.59. The van der Waals surface area contributed by atoms with E-state index < -0.39 is 0 Å². The second-order valence-corrected chi connectivity index (χ2v) is 7.24. The Labute approximate surface area is 129 Å². The molecule has 0 unspecified atom stereocenters. The Bertz CT molecular complexity index is 475. The van der Waals surface area contributed by atoms with Crippen LogP contribution >= 0.6 is 0 Å². The number of nitrogens with zero attached hydrogens (tertiary/aromatic N) is 2. The third kappa shape index (κ3) is 4.44. The third-order valence-electron chi connectivity index (χ3n) is 4.40. The second-order valence-electron chi connectivity index (χ2n) is 7.24. The maximum absolute atomic E-state index is 4.81. The average Bonchev–Trinajstić information content (AvgIpc) is 3.29. The molecule has 2 aliphatic rings. The van der Waals surface area contributed by atoms with Gasteiger partial charge >= 0.3 is 0 Å². The van der Waals surface area contributed by atoms with Gasteiger partial charge in [-0.25, -0.2) is 4.98 Å². The Balaban J connectivity index is 1.70. The van der Waals surface area contributed by atoms with Crippen molar-refractivity contribution in [1.29, 1.82) is 0 Å². The van der Waals surface area contributed by atoms with Crippen molar-refractivity contribution in [2.24, 2.45) is 5.92 Å². The van der Waals surface area contributed by atoms with Crippen LogP contribution in [0.1, 0.15) is 57.2 Å². The van der Waals surface area contributed by atoms with Crippen LogP contribution in [0.4, 0.5) is 5.82 Å². The fraction of sp³-hybridized carbons (Fsp3) is 0.722. The largest absolute Gasteiger partial charge is 0.354 e. The maximum Gasteiger partial charge on any atom is 0.129 e. The van der Waals surface area contributed by atoms with Crippen LogP contribution < -0.4 is 10.2 Å². The highest BCUT2D eigenvalue weighted by atomic mass is 15.2. The van der Waals surface area contributed by atoms with E-state index in [1.165, 1.54) is 43.5 Å². The lowest BCUT2D eigenvalue weighted by Gasteiger charge is -2.25. The van der Waals surface area contributed by atoms with Gasteiger partial charge in [-0.2, -0.15) is 0 Å². The molecule has 21 heavy (non-hydrogen) atoms. The van der Waals surface area contributed by atoms with Gasteiger partial charge in [0.1, 0.15) is 5.82 Å². The molecule has 1 heterocycles. The predicted octanol–water partition coefficient (Wildman–Crippen LogP) is 3.66. The molecule has 1 aromatic heterocycles. The first-order valence-corrected chi connectivity index (χ1v) is 8.59. The number of aryl methyl sites for hydroxylation is 1. The van der Waals surface area contributed by atoms with E-state index in [4.69, 9.17) is 4.98 Å². The van der Waals surface area contributed by atoms with Crippen LogP contribution in [0.3, 0.4) is 0 Å². The van der Waals surface area contributed by atoms with Crippen LogP contribution in [0.5, 0.6) is 0 Å². The molecule has 0 bridgehead atoms. The smallest absolute Gasteiger partial charge is 0.129 e. The van der Waals surface area contributed by atoms with Crippen molar-refractivity contribution in [3.05, 3.63) is 23.4 Å². The van der Waals surface area contributed by atoms with E-state index in [1.807, 2.05) is 0 Å². The molecule has 0 spiro atoms. The lowest BCUT2D eigenvalue weighted by atomic mass is 10.1. The van der Waals surface area contributed by atoms with E-state index in [9.17, 15) is 0 Å². The van der Waals surface area contributed by atoms with Crippen molar-refractivity contribution in [2.75, 3.05) is 11.4 Å². The number of nitrogens with one attached hydrogen (secondary N) is 1. The first kappa shape index (κ1) is 14.8. The highest BCUT2D eigenvalue weighted by Gasteiger charge is 2.30. The molecule has 0 aliphatic heterocycles. The van der Waals surface area contributed by atoms with Crippen molar-refractivity contribution >= 4 is 5.82 Å². The lowest BCUT2D eigenvalue weighted by Crippen LogP contribution is -2.29. The maximum atomic E-state index is 4.81. The zero-order valence-corrected chi connectivity index (χ0v) is 13.7. The minimum absolute atomic E-state index is 0.738. The summed E-state index contributed by atoms with van der Waals surface area (Å²) in [6.45, 7) is 8.87. The van der Waals surface area contributed by atoms with Crippen molar-refractivity contribution in [1.82, 2.24) is 10.3 Å². The summed E-state index contributed by atoms with van der Waals surface area (Å²) in [7, 11) is 0. The summed E-state index contributed by atoms with van der Waals surface area (Å²) in [4.78, 5) is 7.36. The first-order chi connectivity index (χ1) is 10.1. The fourth-order valence-corrected chi connectivity index (χ4v) is 2.79. The number of rotatable bonds is 8. The average molecular weight is 287 g/mol. The van der Waals surface area contributed by atoms with Gasteiger partial charge in [0.15, 0.2) is 0 Å². The molecule has 3 nitrogen and oxygen atoms in total. The normalized spacial score (nSPS) is 18.3. The summed E-state index contributed by atoms with van der Waals surface area (Å²) < 4.78 is 0. The van der Waals surface area contributed by atoms with Gasteiger partial charge in [0.05, 0.1) is 0 Å². The van der Waals surface area contributed by atoms with Crippen LogP contribution in [-0.4, -0.2) is 23.6 Å². The number of pyridine rings is 1.